The van der Waals surface area contributed by atoms with E-state index < -0.39 is 0 Å². The maximum Gasteiger partial charge on any atom is 0.227 e. The van der Waals surface area contributed by atoms with Gasteiger partial charge in [0.2, 0.25) is 5.91 Å². The fourth-order valence-electron chi connectivity index (χ4n) is 2.06. The second-order valence-electron chi connectivity index (χ2n) is 4.73. The molecule has 0 spiro atoms. The van der Waals surface area contributed by atoms with Crippen LogP contribution in [-0.4, -0.2) is 53.9 Å². The molecule has 0 bridgehead atoms. The Bertz CT molecular complexity index is 397. The highest BCUT2D eigenvalue weighted by atomic mass is 16.2. The van der Waals surface area contributed by atoms with Crippen molar-refractivity contribution in [1.82, 2.24) is 14.8 Å². The smallest absolute Gasteiger partial charge is 0.227 e. The molecular weight excluding hydrogens is 214 g/mol. The molecule has 1 aliphatic heterocycles. The fraction of sp³-hybridized carbons (Fsp3) is 0.538. The van der Waals surface area contributed by atoms with E-state index in [1.54, 1.807) is 6.20 Å². The molecule has 0 aromatic carbocycles. The lowest BCUT2D eigenvalue weighted by Gasteiger charge is -2.32. The van der Waals surface area contributed by atoms with E-state index in [9.17, 15) is 4.79 Å². The van der Waals surface area contributed by atoms with Gasteiger partial charge in [0.1, 0.15) is 0 Å². The van der Waals surface area contributed by atoms with Crippen molar-refractivity contribution in [3.63, 3.8) is 0 Å². The van der Waals surface area contributed by atoms with Crippen molar-refractivity contribution in [3.8, 4) is 0 Å². The van der Waals surface area contributed by atoms with E-state index in [0.29, 0.717) is 6.42 Å². The molecule has 92 valence electrons. The van der Waals surface area contributed by atoms with Crippen molar-refractivity contribution in [2.75, 3.05) is 33.2 Å². The van der Waals surface area contributed by atoms with Gasteiger partial charge in [-0.3, -0.25) is 9.78 Å². The van der Waals surface area contributed by atoms with E-state index in [2.05, 4.69) is 16.9 Å². The fourth-order valence-corrected chi connectivity index (χ4v) is 2.06. The lowest BCUT2D eigenvalue weighted by Crippen LogP contribution is -2.47. The Morgan fingerprint density at radius 2 is 2.00 bits per heavy atom. The van der Waals surface area contributed by atoms with Crippen LogP contribution in [0.5, 0.6) is 0 Å². The van der Waals surface area contributed by atoms with Crippen molar-refractivity contribution in [1.29, 1.82) is 0 Å². The molecule has 0 atom stereocenters. The number of aromatic nitrogens is 1. The van der Waals surface area contributed by atoms with Crippen LogP contribution >= 0.6 is 0 Å². The molecule has 2 heterocycles. The van der Waals surface area contributed by atoms with Gasteiger partial charge in [-0.25, -0.2) is 0 Å². The van der Waals surface area contributed by atoms with E-state index >= 15 is 0 Å². The Hall–Kier alpha value is -1.42. The number of likely N-dealkylation sites (N-methyl/N-ethyl adjacent to an activating group) is 1. The zero-order valence-corrected chi connectivity index (χ0v) is 10.5. The van der Waals surface area contributed by atoms with Crippen LogP contribution in [0.1, 0.15) is 11.1 Å². The van der Waals surface area contributed by atoms with Crippen LogP contribution in [0.2, 0.25) is 0 Å². The monoisotopic (exact) mass is 233 g/mol. The Morgan fingerprint density at radius 1 is 1.29 bits per heavy atom. The third kappa shape index (κ3) is 3.27. The van der Waals surface area contributed by atoms with E-state index in [1.165, 1.54) is 0 Å². The second kappa shape index (κ2) is 5.27. The Kier molecular flexibility index (Phi) is 3.74. The Balaban J connectivity index is 1.93. The van der Waals surface area contributed by atoms with E-state index in [-0.39, 0.29) is 5.91 Å². The topological polar surface area (TPSA) is 36.4 Å². The van der Waals surface area contributed by atoms with Crippen LogP contribution in [0.25, 0.3) is 0 Å². The molecule has 1 fully saturated rings. The number of hydrogen-bond donors (Lipinski definition) is 0. The van der Waals surface area contributed by atoms with Gasteiger partial charge in [-0.1, -0.05) is 6.07 Å². The summed E-state index contributed by atoms with van der Waals surface area (Å²) in [5.41, 5.74) is 2.11. The number of rotatable bonds is 2. The summed E-state index contributed by atoms with van der Waals surface area (Å²) in [5, 5.41) is 0. The van der Waals surface area contributed by atoms with Gasteiger partial charge in [0, 0.05) is 38.6 Å². The summed E-state index contributed by atoms with van der Waals surface area (Å²) in [6, 6.07) is 2.03. The Morgan fingerprint density at radius 3 is 2.65 bits per heavy atom. The maximum atomic E-state index is 12.1. The number of carbonyl (C=O) groups is 1. The number of carbonyl (C=O) groups excluding carboxylic acids is 1. The number of piperazine rings is 1. The van der Waals surface area contributed by atoms with Crippen molar-refractivity contribution in [3.05, 3.63) is 29.6 Å². The van der Waals surface area contributed by atoms with Gasteiger partial charge in [-0.15, -0.1) is 0 Å². The van der Waals surface area contributed by atoms with Crippen LogP contribution in [0, 0.1) is 6.92 Å². The SMILES string of the molecule is Cc1cncc(CC(=O)N2CCN(C)CC2)c1. The predicted octanol–water partition coefficient (Wildman–Crippen LogP) is 0.707. The predicted molar refractivity (Wildman–Crippen MR) is 66.8 cm³/mol. The second-order valence-corrected chi connectivity index (χ2v) is 4.73. The number of nitrogens with zero attached hydrogens (tertiary/aromatic N) is 3. The summed E-state index contributed by atoms with van der Waals surface area (Å²) in [7, 11) is 2.09. The van der Waals surface area contributed by atoms with Gasteiger partial charge in [-0.05, 0) is 25.1 Å². The summed E-state index contributed by atoms with van der Waals surface area (Å²) in [5.74, 6) is 0.213. The molecule has 0 saturated carbocycles. The minimum atomic E-state index is 0.213. The van der Waals surface area contributed by atoms with Gasteiger partial charge in [-0.2, -0.15) is 0 Å². The molecule has 0 aliphatic carbocycles. The van der Waals surface area contributed by atoms with E-state index in [4.69, 9.17) is 0 Å². The van der Waals surface area contributed by atoms with Crippen LogP contribution in [-0.2, 0) is 11.2 Å². The maximum absolute atomic E-state index is 12.1. The molecule has 0 unspecified atom stereocenters. The van der Waals surface area contributed by atoms with E-state index in [1.807, 2.05) is 24.1 Å². The number of pyridine rings is 1. The quantitative estimate of drug-likeness (QED) is 0.754. The number of aryl methyl sites for hydroxylation is 1. The normalized spacial score (nSPS) is 17.2. The number of hydrogen-bond acceptors (Lipinski definition) is 3. The summed E-state index contributed by atoms with van der Waals surface area (Å²) in [6.07, 6.45) is 4.06. The summed E-state index contributed by atoms with van der Waals surface area (Å²) < 4.78 is 0. The highest BCUT2D eigenvalue weighted by Crippen LogP contribution is 2.06. The standard InChI is InChI=1S/C13H19N3O/c1-11-7-12(10-14-9-11)8-13(17)16-5-3-15(2)4-6-16/h7,9-10H,3-6,8H2,1-2H3. The minimum absolute atomic E-state index is 0.213. The minimum Gasteiger partial charge on any atom is -0.340 e. The third-order valence-corrected chi connectivity index (χ3v) is 3.14. The molecule has 1 amide bonds. The molecule has 1 aliphatic rings. The van der Waals surface area contributed by atoms with Crippen LogP contribution in [0.4, 0.5) is 0 Å². The van der Waals surface area contributed by atoms with Crippen LogP contribution in [0.15, 0.2) is 18.5 Å². The van der Waals surface area contributed by atoms with Gasteiger partial charge in [0.15, 0.2) is 0 Å². The van der Waals surface area contributed by atoms with Gasteiger partial charge in [0.25, 0.3) is 0 Å². The van der Waals surface area contributed by atoms with Gasteiger partial charge in [0.05, 0.1) is 6.42 Å². The zero-order valence-electron chi connectivity index (χ0n) is 10.5. The lowest BCUT2D eigenvalue weighted by molar-refractivity contribution is -0.132. The van der Waals surface area contributed by atoms with Crippen molar-refractivity contribution in [2.24, 2.45) is 0 Å². The molecule has 0 N–H and O–H groups in total. The number of amides is 1. The molecular formula is C13H19N3O. The first-order valence-corrected chi connectivity index (χ1v) is 6.02. The van der Waals surface area contributed by atoms with Crippen molar-refractivity contribution in [2.45, 2.75) is 13.3 Å². The van der Waals surface area contributed by atoms with Gasteiger partial charge < -0.3 is 9.80 Å². The highest BCUT2D eigenvalue weighted by molar-refractivity contribution is 5.78. The largest absolute Gasteiger partial charge is 0.340 e. The molecule has 1 aromatic heterocycles. The summed E-state index contributed by atoms with van der Waals surface area (Å²) >= 11 is 0. The molecule has 2 rings (SSSR count). The molecule has 0 radical (unpaired) electrons. The molecule has 4 heteroatoms. The van der Waals surface area contributed by atoms with Gasteiger partial charge >= 0.3 is 0 Å². The van der Waals surface area contributed by atoms with Crippen LogP contribution < -0.4 is 0 Å². The van der Waals surface area contributed by atoms with Crippen molar-refractivity contribution >= 4 is 5.91 Å². The summed E-state index contributed by atoms with van der Waals surface area (Å²) in [6.45, 7) is 5.62. The van der Waals surface area contributed by atoms with Crippen molar-refractivity contribution < 1.29 is 4.79 Å². The first kappa shape index (κ1) is 12.0. The molecule has 1 aromatic rings. The molecule has 4 nitrogen and oxygen atoms in total. The Labute approximate surface area is 102 Å². The summed E-state index contributed by atoms with van der Waals surface area (Å²) in [4.78, 5) is 20.4. The first-order valence-electron chi connectivity index (χ1n) is 6.02. The van der Waals surface area contributed by atoms with Crippen LogP contribution in [0.3, 0.4) is 0 Å². The lowest BCUT2D eigenvalue weighted by atomic mass is 10.1. The highest BCUT2D eigenvalue weighted by Gasteiger charge is 2.18. The average molecular weight is 233 g/mol. The molecule has 1 saturated heterocycles. The molecule has 17 heavy (non-hydrogen) atoms. The first-order chi connectivity index (χ1) is 8.15. The zero-order chi connectivity index (χ0) is 12.3. The third-order valence-electron chi connectivity index (χ3n) is 3.14. The average Bonchev–Trinajstić information content (AvgIpc) is 2.29. The van der Waals surface area contributed by atoms with E-state index in [0.717, 1.165) is 37.3 Å².